The summed E-state index contributed by atoms with van der Waals surface area (Å²) in [6.45, 7) is 0. The molecule has 0 N–H and O–H groups in total. The van der Waals surface area contributed by atoms with E-state index in [0.717, 1.165) is 18.3 Å². The third-order valence-electron chi connectivity index (χ3n) is 4.60. The Morgan fingerprint density at radius 2 is 2.00 bits per heavy atom. The highest BCUT2D eigenvalue weighted by Crippen LogP contribution is 2.49. The maximum absolute atomic E-state index is 12.4. The molecule has 4 unspecified atom stereocenters. The number of fused-ring (bicyclic) bond motifs is 2. The summed E-state index contributed by atoms with van der Waals surface area (Å²) in [5.74, 6) is 4.02. The summed E-state index contributed by atoms with van der Waals surface area (Å²) < 4.78 is 0. The Labute approximate surface area is 96.4 Å². The molecule has 1 saturated heterocycles. The smallest absolute Gasteiger partial charge is 0.149 e. The lowest BCUT2D eigenvalue weighted by Gasteiger charge is -2.27. The molecule has 1 aliphatic heterocycles. The largest absolute Gasteiger partial charge is 0.298 e. The number of rotatable bonds is 2. The molecule has 0 aromatic rings. The van der Waals surface area contributed by atoms with Crippen LogP contribution in [0.3, 0.4) is 0 Å². The van der Waals surface area contributed by atoms with Gasteiger partial charge in [0.15, 0.2) is 0 Å². The summed E-state index contributed by atoms with van der Waals surface area (Å²) in [7, 11) is 0. The van der Waals surface area contributed by atoms with Crippen molar-refractivity contribution in [2.45, 2.75) is 50.2 Å². The van der Waals surface area contributed by atoms with Gasteiger partial charge in [-0.3, -0.25) is 4.79 Å². The van der Waals surface area contributed by atoms with Crippen molar-refractivity contribution in [3.05, 3.63) is 0 Å². The van der Waals surface area contributed by atoms with Crippen molar-refractivity contribution in [1.29, 1.82) is 0 Å². The lowest BCUT2D eigenvalue weighted by Crippen LogP contribution is -2.31. The number of carbonyl (C=O) groups is 1. The van der Waals surface area contributed by atoms with Crippen LogP contribution >= 0.6 is 11.8 Å². The fourth-order valence-electron chi connectivity index (χ4n) is 3.80. The second-order valence-corrected chi connectivity index (χ2v) is 6.85. The molecule has 2 heteroatoms. The van der Waals surface area contributed by atoms with E-state index in [1.807, 2.05) is 11.8 Å². The predicted molar refractivity (Wildman–Crippen MR) is 64.0 cm³/mol. The van der Waals surface area contributed by atoms with E-state index in [4.69, 9.17) is 0 Å². The van der Waals surface area contributed by atoms with Crippen molar-refractivity contribution in [3.8, 4) is 0 Å². The van der Waals surface area contributed by atoms with E-state index in [9.17, 15) is 4.79 Å². The van der Waals surface area contributed by atoms with Gasteiger partial charge in [0.25, 0.3) is 0 Å². The van der Waals surface area contributed by atoms with Crippen LogP contribution in [0.1, 0.15) is 44.9 Å². The van der Waals surface area contributed by atoms with E-state index in [2.05, 4.69) is 0 Å². The first kappa shape index (κ1) is 10.2. The van der Waals surface area contributed by atoms with Crippen molar-refractivity contribution in [1.82, 2.24) is 0 Å². The minimum atomic E-state index is 0.378. The van der Waals surface area contributed by atoms with Crippen LogP contribution in [0.25, 0.3) is 0 Å². The molecule has 2 bridgehead atoms. The summed E-state index contributed by atoms with van der Waals surface area (Å²) in [4.78, 5) is 12.4. The lowest BCUT2D eigenvalue weighted by atomic mass is 9.84. The fourth-order valence-corrected chi connectivity index (χ4v) is 5.12. The third kappa shape index (κ3) is 1.86. The lowest BCUT2D eigenvalue weighted by molar-refractivity contribution is -0.124. The highest BCUT2D eigenvalue weighted by atomic mass is 32.2. The van der Waals surface area contributed by atoms with Gasteiger partial charge in [-0.15, -0.1) is 0 Å². The van der Waals surface area contributed by atoms with Gasteiger partial charge >= 0.3 is 0 Å². The molecule has 3 aliphatic rings. The fraction of sp³-hybridized carbons (Fsp3) is 0.923. The molecule has 0 radical (unpaired) electrons. The number of thioether (sulfide) groups is 1. The second kappa shape index (κ2) is 4.12. The van der Waals surface area contributed by atoms with E-state index in [0.29, 0.717) is 17.0 Å². The van der Waals surface area contributed by atoms with Gasteiger partial charge in [-0.2, -0.15) is 11.8 Å². The number of ketones is 1. The van der Waals surface area contributed by atoms with Crippen LogP contribution in [-0.4, -0.2) is 16.8 Å². The zero-order chi connectivity index (χ0) is 10.3. The first-order valence-electron chi connectivity index (χ1n) is 6.50. The molecular formula is C13H20OS. The first-order chi connectivity index (χ1) is 7.34. The zero-order valence-electron chi connectivity index (χ0n) is 9.28. The molecule has 15 heavy (non-hydrogen) atoms. The minimum absolute atomic E-state index is 0.378. The van der Waals surface area contributed by atoms with E-state index in [-0.39, 0.29) is 0 Å². The average molecular weight is 224 g/mol. The minimum Gasteiger partial charge on any atom is -0.298 e. The molecular weight excluding hydrogens is 204 g/mol. The number of Topliss-reactive ketones (excluding diaryl/α,β-unsaturated/α-hetero) is 1. The molecule has 0 amide bonds. The van der Waals surface area contributed by atoms with Crippen LogP contribution < -0.4 is 0 Å². The Balaban J connectivity index is 1.64. The van der Waals surface area contributed by atoms with E-state index in [1.165, 1.54) is 44.3 Å². The highest BCUT2D eigenvalue weighted by Gasteiger charge is 2.44. The first-order valence-corrected chi connectivity index (χ1v) is 7.55. The Kier molecular flexibility index (Phi) is 2.80. The summed E-state index contributed by atoms with van der Waals surface area (Å²) in [6, 6.07) is 0. The molecule has 2 saturated carbocycles. The maximum Gasteiger partial charge on any atom is 0.149 e. The molecule has 0 aromatic carbocycles. The van der Waals surface area contributed by atoms with Gasteiger partial charge in [0.1, 0.15) is 5.78 Å². The Bertz CT molecular complexity index is 257. The maximum atomic E-state index is 12.4. The Hall–Kier alpha value is 0.0200. The van der Waals surface area contributed by atoms with E-state index < -0.39 is 0 Å². The van der Waals surface area contributed by atoms with Crippen molar-refractivity contribution < 1.29 is 4.79 Å². The zero-order valence-corrected chi connectivity index (χ0v) is 10.1. The Morgan fingerprint density at radius 1 is 1.07 bits per heavy atom. The topological polar surface area (TPSA) is 17.1 Å². The molecule has 3 rings (SSSR count). The van der Waals surface area contributed by atoms with Gasteiger partial charge in [-0.05, 0) is 49.7 Å². The van der Waals surface area contributed by atoms with E-state index >= 15 is 0 Å². The standard InChI is InChI=1S/C13H20OS/c14-13(12-3-1-2-6-15-12)11-8-9-4-5-10(11)7-9/h9-12H,1-8H2. The number of carbonyl (C=O) groups excluding carboxylic acids is 1. The number of hydrogen-bond acceptors (Lipinski definition) is 2. The second-order valence-electron chi connectivity index (χ2n) is 5.54. The van der Waals surface area contributed by atoms with Gasteiger partial charge in [-0.1, -0.05) is 12.8 Å². The van der Waals surface area contributed by atoms with Crippen molar-refractivity contribution in [2.75, 3.05) is 5.75 Å². The molecule has 3 fully saturated rings. The van der Waals surface area contributed by atoms with Crippen molar-refractivity contribution in [2.24, 2.45) is 17.8 Å². The summed E-state index contributed by atoms with van der Waals surface area (Å²) >= 11 is 1.94. The third-order valence-corrected chi connectivity index (χ3v) is 6.00. The molecule has 1 nitrogen and oxygen atoms in total. The van der Waals surface area contributed by atoms with Gasteiger partial charge < -0.3 is 0 Å². The van der Waals surface area contributed by atoms with Gasteiger partial charge in [0, 0.05) is 5.92 Å². The van der Waals surface area contributed by atoms with Crippen LogP contribution in [-0.2, 0) is 4.79 Å². The normalized spacial score (nSPS) is 44.5. The van der Waals surface area contributed by atoms with Crippen LogP contribution in [0.2, 0.25) is 0 Å². The van der Waals surface area contributed by atoms with Crippen LogP contribution in [0.5, 0.6) is 0 Å². The molecule has 4 atom stereocenters. The molecule has 0 aromatic heterocycles. The Morgan fingerprint density at radius 3 is 2.60 bits per heavy atom. The average Bonchev–Trinajstić information content (AvgIpc) is 2.91. The molecule has 1 heterocycles. The summed E-state index contributed by atoms with van der Waals surface area (Å²) in [6.07, 6.45) is 9.13. The van der Waals surface area contributed by atoms with Crippen LogP contribution in [0, 0.1) is 17.8 Å². The molecule has 2 aliphatic carbocycles. The van der Waals surface area contributed by atoms with Crippen LogP contribution in [0.15, 0.2) is 0 Å². The van der Waals surface area contributed by atoms with Gasteiger partial charge in [0.05, 0.1) is 5.25 Å². The van der Waals surface area contributed by atoms with Gasteiger partial charge in [0.2, 0.25) is 0 Å². The van der Waals surface area contributed by atoms with Crippen molar-refractivity contribution >= 4 is 17.5 Å². The quantitative estimate of drug-likeness (QED) is 0.716. The SMILES string of the molecule is O=C(C1CCCCS1)C1CC2CCC1C2. The molecule has 84 valence electrons. The van der Waals surface area contributed by atoms with Crippen LogP contribution in [0.4, 0.5) is 0 Å². The predicted octanol–water partition coefficient (Wildman–Crippen LogP) is 3.28. The summed E-state index contributed by atoms with van der Waals surface area (Å²) in [5, 5.41) is 0.378. The molecule has 0 spiro atoms. The number of hydrogen-bond donors (Lipinski definition) is 0. The highest BCUT2D eigenvalue weighted by molar-refractivity contribution is 8.00. The van der Waals surface area contributed by atoms with Crippen molar-refractivity contribution in [3.63, 3.8) is 0 Å². The van der Waals surface area contributed by atoms with Gasteiger partial charge in [-0.25, -0.2) is 0 Å². The monoisotopic (exact) mass is 224 g/mol. The van der Waals surface area contributed by atoms with E-state index in [1.54, 1.807) is 0 Å². The summed E-state index contributed by atoms with van der Waals surface area (Å²) in [5.41, 5.74) is 0.